The minimum absolute atomic E-state index is 0.197. The van der Waals surface area contributed by atoms with Crippen LogP contribution >= 0.6 is 11.6 Å². The van der Waals surface area contributed by atoms with E-state index in [0.717, 1.165) is 16.8 Å². The summed E-state index contributed by atoms with van der Waals surface area (Å²) in [7, 11) is 0. The van der Waals surface area contributed by atoms with Gasteiger partial charge in [0.15, 0.2) is 0 Å². The molecule has 0 bridgehead atoms. The van der Waals surface area contributed by atoms with Crippen molar-refractivity contribution in [3.8, 4) is 11.3 Å². The number of halogens is 1. The molecule has 1 amide bonds. The van der Waals surface area contributed by atoms with Gasteiger partial charge in [-0.15, -0.1) is 0 Å². The Bertz CT molecular complexity index is 1060. The molecule has 0 unspecified atom stereocenters. The number of fused-ring (bicyclic) bond motifs is 1. The third kappa shape index (κ3) is 3.17. The van der Waals surface area contributed by atoms with E-state index < -0.39 is 0 Å². The van der Waals surface area contributed by atoms with E-state index in [1.807, 2.05) is 60.8 Å². The molecule has 128 valence electrons. The second-order valence-electron chi connectivity index (χ2n) is 5.78. The fourth-order valence-corrected chi connectivity index (χ4v) is 2.90. The highest BCUT2D eigenvalue weighted by atomic mass is 35.5. The second kappa shape index (κ2) is 6.98. The standard InChI is InChI=1S/C20H15ClN4O/c21-16-10-9-14(12-22-16)13-23-20(26)19-18(15-6-2-1-3-7-15)24-17-8-4-5-11-25(17)19/h1-12H,13H2,(H,23,26). The van der Waals surface area contributed by atoms with Crippen molar-refractivity contribution in [1.82, 2.24) is 19.7 Å². The minimum atomic E-state index is -0.197. The highest BCUT2D eigenvalue weighted by molar-refractivity contribution is 6.29. The van der Waals surface area contributed by atoms with Gasteiger partial charge in [0.2, 0.25) is 0 Å². The Balaban J connectivity index is 1.70. The van der Waals surface area contributed by atoms with E-state index in [0.29, 0.717) is 23.1 Å². The van der Waals surface area contributed by atoms with E-state index in [4.69, 9.17) is 11.6 Å². The van der Waals surface area contributed by atoms with Crippen LogP contribution in [0.1, 0.15) is 16.1 Å². The predicted molar refractivity (Wildman–Crippen MR) is 101 cm³/mol. The lowest BCUT2D eigenvalue weighted by Crippen LogP contribution is -2.24. The average molecular weight is 363 g/mol. The van der Waals surface area contributed by atoms with Crippen molar-refractivity contribution in [3.63, 3.8) is 0 Å². The van der Waals surface area contributed by atoms with Crippen LogP contribution in [0.4, 0.5) is 0 Å². The molecule has 1 aromatic carbocycles. The second-order valence-corrected chi connectivity index (χ2v) is 6.16. The summed E-state index contributed by atoms with van der Waals surface area (Å²) in [5.74, 6) is -0.197. The summed E-state index contributed by atoms with van der Waals surface area (Å²) >= 11 is 5.80. The lowest BCUT2D eigenvalue weighted by molar-refractivity contribution is 0.0945. The number of imidazole rings is 1. The fraction of sp³-hybridized carbons (Fsp3) is 0.0500. The van der Waals surface area contributed by atoms with Crippen molar-refractivity contribution in [2.45, 2.75) is 6.54 Å². The van der Waals surface area contributed by atoms with Crippen LogP contribution < -0.4 is 5.32 Å². The van der Waals surface area contributed by atoms with Gasteiger partial charge in [0.1, 0.15) is 22.2 Å². The van der Waals surface area contributed by atoms with Gasteiger partial charge in [-0.2, -0.15) is 0 Å². The molecule has 0 radical (unpaired) electrons. The highest BCUT2D eigenvalue weighted by Gasteiger charge is 2.20. The van der Waals surface area contributed by atoms with Gasteiger partial charge < -0.3 is 5.32 Å². The summed E-state index contributed by atoms with van der Waals surface area (Å²) < 4.78 is 1.80. The van der Waals surface area contributed by atoms with Gasteiger partial charge in [0.25, 0.3) is 5.91 Å². The van der Waals surface area contributed by atoms with Crippen molar-refractivity contribution in [2.75, 3.05) is 0 Å². The fourth-order valence-electron chi connectivity index (χ4n) is 2.79. The lowest BCUT2D eigenvalue weighted by Gasteiger charge is -2.07. The van der Waals surface area contributed by atoms with Gasteiger partial charge >= 0.3 is 0 Å². The molecule has 3 aromatic heterocycles. The Morgan fingerprint density at radius 1 is 1.04 bits per heavy atom. The van der Waals surface area contributed by atoms with Crippen molar-refractivity contribution in [1.29, 1.82) is 0 Å². The molecule has 26 heavy (non-hydrogen) atoms. The molecule has 0 fully saturated rings. The maximum atomic E-state index is 12.9. The highest BCUT2D eigenvalue weighted by Crippen LogP contribution is 2.24. The quantitative estimate of drug-likeness (QED) is 0.559. The number of nitrogens with zero attached hydrogens (tertiary/aromatic N) is 3. The summed E-state index contributed by atoms with van der Waals surface area (Å²) in [5.41, 5.74) is 3.66. The molecular weight excluding hydrogens is 348 g/mol. The number of carbonyl (C=O) groups excluding carboxylic acids is 1. The van der Waals surface area contributed by atoms with Crippen LogP contribution in [-0.4, -0.2) is 20.3 Å². The van der Waals surface area contributed by atoms with Gasteiger partial charge in [0, 0.05) is 24.5 Å². The Labute approximate surface area is 155 Å². The van der Waals surface area contributed by atoms with Gasteiger partial charge in [-0.3, -0.25) is 9.20 Å². The topological polar surface area (TPSA) is 59.3 Å². The number of amides is 1. The summed E-state index contributed by atoms with van der Waals surface area (Å²) in [6, 6.07) is 18.9. The molecule has 0 aliphatic carbocycles. The molecule has 0 spiro atoms. The number of hydrogen-bond acceptors (Lipinski definition) is 3. The van der Waals surface area contributed by atoms with E-state index in [9.17, 15) is 4.79 Å². The number of aromatic nitrogens is 3. The zero-order valence-corrected chi connectivity index (χ0v) is 14.5. The van der Waals surface area contributed by atoms with Gasteiger partial charge in [0.05, 0.1) is 0 Å². The van der Waals surface area contributed by atoms with E-state index in [2.05, 4.69) is 15.3 Å². The molecule has 1 N–H and O–H groups in total. The van der Waals surface area contributed by atoms with Crippen molar-refractivity contribution in [3.05, 3.63) is 89.5 Å². The first-order valence-corrected chi connectivity index (χ1v) is 8.51. The summed E-state index contributed by atoms with van der Waals surface area (Å²) in [6.07, 6.45) is 3.49. The van der Waals surface area contributed by atoms with Crippen molar-refractivity contribution >= 4 is 23.2 Å². The molecule has 0 aliphatic heterocycles. The Kier molecular flexibility index (Phi) is 4.37. The van der Waals surface area contributed by atoms with Gasteiger partial charge in [-0.1, -0.05) is 54.1 Å². The summed E-state index contributed by atoms with van der Waals surface area (Å²) in [5, 5.41) is 3.36. The van der Waals surface area contributed by atoms with Gasteiger partial charge in [-0.05, 0) is 23.8 Å². The molecular formula is C20H15ClN4O. The zero-order valence-electron chi connectivity index (χ0n) is 13.8. The van der Waals surface area contributed by atoms with Crippen LogP contribution in [0.25, 0.3) is 16.9 Å². The number of benzene rings is 1. The van der Waals surface area contributed by atoms with Gasteiger partial charge in [-0.25, -0.2) is 9.97 Å². The molecule has 4 rings (SSSR count). The third-order valence-electron chi connectivity index (χ3n) is 4.03. The molecule has 4 aromatic rings. The smallest absolute Gasteiger partial charge is 0.270 e. The van der Waals surface area contributed by atoms with Crippen LogP contribution in [0.3, 0.4) is 0 Å². The van der Waals surface area contributed by atoms with Crippen LogP contribution in [0, 0.1) is 0 Å². The zero-order chi connectivity index (χ0) is 17.9. The summed E-state index contributed by atoms with van der Waals surface area (Å²) in [4.78, 5) is 21.6. The van der Waals surface area contributed by atoms with Crippen LogP contribution in [-0.2, 0) is 6.54 Å². The Hall–Kier alpha value is -3.18. The Morgan fingerprint density at radius 2 is 1.85 bits per heavy atom. The van der Waals surface area contributed by atoms with Crippen molar-refractivity contribution < 1.29 is 4.79 Å². The minimum Gasteiger partial charge on any atom is -0.347 e. The third-order valence-corrected chi connectivity index (χ3v) is 4.26. The first-order valence-electron chi connectivity index (χ1n) is 8.13. The monoisotopic (exact) mass is 362 g/mol. The molecule has 0 atom stereocenters. The van der Waals surface area contributed by atoms with Crippen LogP contribution in [0.2, 0.25) is 5.15 Å². The van der Waals surface area contributed by atoms with E-state index in [1.54, 1.807) is 16.7 Å². The molecule has 5 nitrogen and oxygen atoms in total. The maximum Gasteiger partial charge on any atom is 0.270 e. The van der Waals surface area contributed by atoms with E-state index in [1.165, 1.54) is 0 Å². The van der Waals surface area contributed by atoms with Crippen LogP contribution in [0.15, 0.2) is 73.1 Å². The SMILES string of the molecule is O=C(NCc1ccc(Cl)nc1)c1c(-c2ccccc2)nc2ccccn12. The van der Waals surface area contributed by atoms with E-state index >= 15 is 0 Å². The first kappa shape index (κ1) is 16.3. The molecule has 0 aliphatic rings. The van der Waals surface area contributed by atoms with Crippen molar-refractivity contribution in [2.24, 2.45) is 0 Å². The molecule has 3 heterocycles. The molecule has 6 heteroatoms. The van der Waals surface area contributed by atoms with Crippen LogP contribution in [0.5, 0.6) is 0 Å². The number of hydrogen-bond donors (Lipinski definition) is 1. The van der Waals surface area contributed by atoms with E-state index in [-0.39, 0.29) is 5.91 Å². The number of rotatable bonds is 4. The first-order chi connectivity index (χ1) is 12.7. The Morgan fingerprint density at radius 3 is 2.62 bits per heavy atom. The normalized spacial score (nSPS) is 10.8. The molecule has 0 saturated heterocycles. The average Bonchev–Trinajstić information content (AvgIpc) is 3.08. The lowest BCUT2D eigenvalue weighted by atomic mass is 10.1. The number of pyridine rings is 2. The maximum absolute atomic E-state index is 12.9. The predicted octanol–water partition coefficient (Wildman–Crippen LogP) is 3.98. The number of nitrogens with one attached hydrogen (secondary N) is 1. The number of carbonyl (C=O) groups is 1. The molecule has 0 saturated carbocycles. The summed E-state index contributed by atoms with van der Waals surface area (Å²) in [6.45, 7) is 0.358. The largest absolute Gasteiger partial charge is 0.347 e.